The first-order valence-electron chi connectivity index (χ1n) is 3.12. The van der Waals surface area contributed by atoms with Crippen molar-refractivity contribution in [1.82, 2.24) is 0 Å². The molecule has 0 saturated carbocycles. The molecule has 1 unspecified atom stereocenters. The van der Waals surface area contributed by atoms with Crippen molar-refractivity contribution < 1.29 is 15.0 Å². The van der Waals surface area contributed by atoms with E-state index in [-0.39, 0.29) is 11.3 Å². The van der Waals surface area contributed by atoms with Crippen LogP contribution in [0.5, 0.6) is 0 Å². The van der Waals surface area contributed by atoms with Crippen LogP contribution >= 0.6 is 0 Å². The van der Waals surface area contributed by atoms with Crippen LogP contribution in [-0.2, 0) is 4.79 Å². The van der Waals surface area contributed by atoms with Crippen molar-refractivity contribution >= 4 is 5.97 Å². The molecule has 0 aliphatic heterocycles. The minimum Gasteiger partial charge on any atom is -0.508 e. The Kier molecular flexibility index (Phi) is 1.81. The molecule has 0 spiro atoms. The summed E-state index contributed by atoms with van der Waals surface area (Å²) in [5.41, 5.74) is 0.236. The zero-order chi connectivity index (χ0) is 8.43. The van der Waals surface area contributed by atoms with E-state index in [4.69, 9.17) is 10.2 Å². The lowest BCUT2D eigenvalue weighted by Gasteiger charge is -2.13. The predicted molar refractivity (Wildman–Crippen MR) is 40.1 cm³/mol. The summed E-state index contributed by atoms with van der Waals surface area (Å²) in [4.78, 5) is 10.5. The van der Waals surface area contributed by atoms with E-state index in [2.05, 4.69) is 6.58 Å². The average molecular weight is 152 g/mol. The van der Waals surface area contributed by atoms with Gasteiger partial charge in [-0.2, -0.15) is 0 Å². The summed E-state index contributed by atoms with van der Waals surface area (Å²) < 4.78 is 0. The van der Waals surface area contributed by atoms with Gasteiger partial charge in [0.15, 0.2) is 0 Å². The molecule has 2 N–H and O–H groups in total. The summed E-state index contributed by atoms with van der Waals surface area (Å²) in [7, 11) is 0. The highest BCUT2D eigenvalue weighted by atomic mass is 16.4. The number of aliphatic carboxylic acids is 1. The maximum Gasteiger partial charge on any atom is 0.314 e. The summed E-state index contributed by atoms with van der Waals surface area (Å²) in [6.45, 7) is 3.45. The SMILES string of the molecule is C=C1C(O)=CC=CC1C(=O)O. The van der Waals surface area contributed by atoms with E-state index in [1.807, 2.05) is 0 Å². The van der Waals surface area contributed by atoms with Crippen LogP contribution in [0, 0.1) is 5.92 Å². The monoisotopic (exact) mass is 152 g/mol. The smallest absolute Gasteiger partial charge is 0.314 e. The summed E-state index contributed by atoms with van der Waals surface area (Å²) in [6, 6.07) is 0. The number of aliphatic hydroxyl groups is 1. The van der Waals surface area contributed by atoms with Gasteiger partial charge in [0, 0.05) is 5.57 Å². The second-order valence-electron chi connectivity index (χ2n) is 2.28. The van der Waals surface area contributed by atoms with Crippen LogP contribution in [0.15, 0.2) is 36.1 Å². The van der Waals surface area contributed by atoms with Gasteiger partial charge in [-0.15, -0.1) is 0 Å². The Labute approximate surface area is 64.0 Å². The average Bonchev–Trinajstić information content (AvgIpc) is 1.94. The Morgan fingerprint density at radius 2 is 2.27 bits per heavy atom. The van der Waals surface area contributed by atoms with Crippen LogP contribution in [0.2, 0.25) is 0 Å². The lowest BCUT2D eigenvalue weighted by Crippen LogP contribution is -2.16. The Hall–Kier alpha value is -1.51. The molecule has 0 saturated heterocycles. The van der Waals surface area contributed by atoms with Crippen molar-refractivity contribution in [3.63, 3.8) is 0 Å². The zero-order valence-electron chi connectivity index (χ0n) is 5.82. The Bertz CT molecular complexity index is 261. The molecule has 1 rings (SSSR count). The molecule has 1 aliphatic carbocycles. The largest absolute Gasteiger partial charge is 0.508 e. The van der Waals surface area contributed by atoms with Crippen molar-refractivity contribution in [1.29, 1.82) is 0 Å². The number of hydrogen-bond donors (Lipinski definition) is 2. The molecule has 11 heavy (non-hydrogen) atoms. The minimum atomic E-state index is -0.995. The van der Waals surface area contributed by atoms with Crippen LogP contribution in [0.3, 0.4) is 0 Å². The highest BCUT2D eigenvalue weighted by Crippen LogP contribution is 2.21. The van der Waals surface area contributed by atoms with Gasteiger partial charge in [0.05, 0.1) is 0 Å². The predicted octanol–water partition coefficient (Wildman–Crippen LogP) is 1.26. The van der Waals surface area contributed by atoms with Crippen molar-refractivity contribution in [2.75, 3.05) is 0 Å². The van der Waals surface area contributed by atoms with E-state index in [0.29, 0.717) is 0 Å². The molecule has 0 amide bonds. The number of rotatable bonds is 1. The molecule has 0 radical (unpaired) electrons. The van der Waals surface area contributed by atoms with Gasteiger partial charge >= 0.3 is 5.97 Å². The van der Waals surface area contributed by atoms with E-state index in [9.17, 15) is 4.79 Å². The molecule has 0 aromatic rings. The highest BCUT2D eigenvalue weighted by Gasteiger charge is 2.21. The van der Waals surface area contributed by atoms with Crippen molar-refractivity contribution in [3.8, 4) is 0 Å². The maximum atomic E-state index is 10.5. The third-order valence-electron chi connectivity index (χ3n) is 1.53. The normalized spacial score (nSPS) is 23.1. The van der Waals surface area contributed by atoms with Gasteiger partial charge in [-0.05, 0) is 6.08 Å². The fraction of sp³-hybridized carbons (Fsp3) is 0.125. The molecule has 3 heteroatoms. The summed E-state index contributed by atoms with van der Waals surface area (Å²) in [5.74, 6) is -1.83. The summed E-state index contributed by atoms with van der Waals surface area (Å²) in [6.07, 6.45) is 4.40. The first-order chi connectivity index (χ1) is 5.13. The van der Waals surface area contributed by atoms with Gasteiger partial charge in [0.25, 0.3) is 0 Å². The fourth-order valence-electron chi connectivity index (χ4n) is 0.872. The molecule has 58 valence electrons. The second kappa shape index (κ2) is 2.62. The minimum absolute atomic E-state index is 0.0556. The number of carboxylic acid groups (broad SMARTS) is 1. The number of carboxylic acids is 1. The number of hydrogen-bond acceptors (Lipinski definition) is 2. The zero-order valence-corrected chi connectivity index (χ0v) is 5.82. The van der Waals surface area contributed by atoms with Crippen LogP contribution in [0.1, 0.15) is 0 Å². The third kappa shape index (κ3) is 1.32. The van der Waals surface area contributed by atoms with Crippen LogP contribution < -0.4 is 0 Å². The van der Waals surface area contributed by atoms with Crippen molar-refractivity contribution in [2.24, 2.45) is 5.92 Å². The molecule has 0 fully saturated rings. The van der Waals surface area contributed by atoms with Crippen LogP contribution in [0.4, 0.5) is 0 Å². The first-order valence-corrected chi connectivity index (χ1v) is 3.12. The van der Waals surface area contributed by atoms with Crippen LogP contribution in [0.25, 0.3) is 0 Å². The molecular weight excluding hydrogens is 144 g/mol. The van der Waals surface area contributed by atoms with E-state index >= 15 is 0 Å². The molecule has 1 atom stereocenters. The molecular formula is C8H8O3. The van der Waals surface area contributed by atoms with Crippen molar-refractivity contribution in [3.05, 3.63) is 36.1 Å². The Morgan fingerprint density at radius 1 is 1.64 bits per heavy atom. The van der Waals surface area contributed by atoms with E-state index < -0.39 is 11.9 Å². The molecule has 1 aliphatic rings. The molecule has 0 aromatic carbocycles. The second-order valence-corrected chi connectivity index (χ2v) is 2.28. The quantitative estimate of drug-likeness (QED) is 0.594. The van der Waals surface area contributed by atoms with Crippen LogP contribution in [-0.4, -0.2) is 16.2 Å². The Balaban J connectivity index is 2.90. The molecule has 0 heterocycles. The van der Waals surface area contributed by atoms with Crippen molar-refractivity contribution in [2.45, 2.75) is 0 Å². The van der Waals surface area contributed by atoms with Gasteiger partial charge in [0.2, 0.25) is 0 Å². The number of carbonyl (C=O) groups is 1. The number of aliphatic hydroxyl groups excluding tert-OH is 1. The Morgan fingerprint density at radius 3 is 2.73 bits per heavy atom. The van der Waals surface area contributed by atoms with Gasteiger partial charge in [-0.3, -0.25) is 4.79 Å². The topological polar surface area (TPSA) is 57.5 Å². The van der Waals surface area contributed by atoms with Gasteiger partial charge in [-0.1, -0.05) is 18.7 Å². The standard InChI is InChI=1S/C8H8O3/c1-5-6(8(10)11)3-2-4-7(5)9/h2-4,6,9H,1H2,(H,10,11). The lowest BCUT2D eigenvalue weighted by molar-refractivity contribution is -0.138. The van der Waals surface area contributed by atoms with Gasteiger partial charge < -0.3 is 10.2 Å². The van der Waals surface area contributed by atoms with Gasteiger partial charge in [0.1, 0.15) is 11.7 Å². The molecule has 0 aromatic heterocycles. The summed E-state index contributed by atoms with van der Waals surface area (Å²) >= 11 is 0. The molecule has 0 bridgehead atoms. The lowest BCUT2D eigenvalue weighted by atomic mass is 9.95. The third-order valence-corrected chi connectivity index (χ3v) is 1.53. The highest BCUT2D eigenvalue weighted by molar-refractivity contribution is 5.77. The van der Waals surface area contributed by atoms with Gasteiger partial charge in [-0.25, -0.2) is 0 Å². The van der Waals surface area contributed by atoms with E-state index in [1.54, 1.807) is 0 Å². The first kappa shape index (κ1) is 7.60. The molecule has 3 nitrogen and oxygen atoms in total. The fourth-order valence-corrected chi connectivity index (χ4v) is 0.872. The van der Waals surface area contributed by atoms with E-state index in [1.165, 1.54) is 18.2 Å². The maximum absolute atomic E-state index is 10.5. The van der Waals surface area contributed by atoms with E-state index in [0.717, 1.165) is 0 Å². The number of allylic oxidation sites excluding steroid dienone is 3. The summed E-state index contributed by atoms with van der Waals surface area (Å²) in [5, 5.41) is 17.6.